The van der Waals surface area contributed by atoms with Gasteiger partial charge in [-0.2, -0.15) is 4.98 Å². The van der Waals surface area contributed by atoms with Crippen LogP contribution in [0.3, 0.4) is 0 Å². The summed E-state index contributed by atoms with van der Waals surface area (Å²) in [5.41, 5.74) is 1.33. The van der Waals surface area contributed by atoms with Crippen LogP contribution in [0.5, 0.6) is 5.75 Å². The molecule has 0 unspecified atom stereocenters. The molecule has 2 aromatic carbocycles. The summed E-state index contributed by atoms with van der Waals surface area (Å²) in [5.74, 6) is 0.755. The quantitative estimate of drug-likeness (QED) is 0.665. The average molecular weight is 412 g/mol. The number of aromatic nitrogens is 2. The van der Waals surface area contributed by atoms with Crippen molar-refractivity contribution in [2.45, 2.75) is 13.5 Å². The molecule has 3 aromatic rings. The number of amides is 1. The number of ether oxygens (including phenoxy) is 2. The molecule has 0 radical (unpaired) electrons. The van der Waals surface area contributed by atoms with Crippen LogP contribution in [-0.2, 0) is 11.3 Å². The Morgan fingerprint density at radius 1 is 1.20 bits per heavy atom. The summed E-state index contributed by atoms with van der Waals surface area (Å²) in [6.45, 7) is 4.30. The molecule has 1 saturated heterocycles. The molecule has 1 aliphatic heterocycles. The zero-order valence-electron chi connectivity index (χ0n) is 16.4. The predicted molar refractivity (Wildman–Crippen MR) is 107 cm³/mol. The van der Waals surface area contributed by atoms with Gasteiger partial charge in [0.15, 0.2) is 6.61 Å². The highest BCUT2D eigenvalue weighted by molar-refractivity contribution is 6.04. The first-order valence-corrected chi connectivity index (χ1v) is 9.54. The summed E-state index contributed by atoms with van der Waals surface area (Å²) in [7, 11) is 0. The molecule has 8 nitrogen and oxygen atoms in total. The molecule has 0 saturated carbocycles. The molecule has 30 heavy (non-hydrogen) atoms. The van der Waals surface area contributed by atoms with E-state index in [2.05, 4.69) is 15.5 Å². The Hall–Kier alpha value is -3.46. The molecule has 1 fully saturated rings. The van der Waals surface area contributed by atoms with E-state index in [1.165, 1.54) is 6.07 Å². The lowest BCUT2D eigenvalue weighted by molar-refractivity contribution is 0.102. The van der Waals surface area contributed by atoms with Crippen molar-refractivity contribution >= 4 is 17.3 Å². The van der Waals surface area contributed by atoms with Crippen LogP contribution in [-0.4, -0.2) is 42.4 Å². The van der Waals surface area contributed by atoms with Gasteiger partial charge in [0, 0.05) is 31.3 Å². The van der Waals surface area contributed by atoms with Gasteiger partial charge in [0.1, 0.15) is 11.6 Å². The second-order valence-electron chi connectivity index (χ2n) is 6.76. The number of halogens is 1. The van der Waals surface area contributed by atoms with Crippen molar-refractivity contribution in [3.05, 3.63) is 65.6 Å². The van der Waals surface area contributed by atoms with E-state index in [4.69, 9.17) is 14.0 Å². The lowest BCUT2D eigenvalue weighted by Gasteiger charge is -2.29. The normalized spacial score (nSPS) is 13.9. The van der Waals surface area contributed by atoms with Gasteiger partial charge < -0.3 is 24.2 Å². The predicted octanol–water partition coefficient (Wildman–Crippen LogP) is 3.19. The fourth-order valence-corrected chi connectivity index (χ4v) is 3.10. The molecule has 4 rings (SSSR count). The Morgan fingerprint density at radius 2 is 1.97 bits per heavy atom. The SMILES string of the molecule is Cc1nc(COc2ccc(C(=O)Nc3ccc(N4CCOCC4)c(F)c3)cc2)no1. The highest BCUT2D eigenvalue weighted by atomic mass is 19.1. The average Bonchev–Trinajstić information content (AvgIpc) is 3.18. The fourth-order valence-electron chi connectivity index (χ4n) is 3.10. The van der Waals surface area contributed by atoms with Crippen LogP contribution >= 0.6 is 0 Å². The van der Waals surface area contributed by atoms with Crippen molar-refractivity contribution < 1.29 is 23.2 Å². The summed E-state index contributed by atoms with van der Waals surface area (Å²) in [5, 5.41) is 6.47. The summed E-state index contributed by atoms with van der Waals surface area (Å²) < 4.78 is 30.2. The van der Waals surface area contributed by atoms with Gasteiger partial charge in [-0.05, 0) is 42.5 Å². The molecule has 2 heterocycles. The molecular weight excluding hydrogens is 391 g/mol. The van der Waals surface area contributed by atoms with Gasteiger partial charge in [0.2, 0.25) is 11.7 Å². The largest absolute Gasteiger partial charge is 0.485 e. The number of hydrogen-bond acceptors (Lipinski definition) is 7. The van der Waals surface area contributed by atoms with Crippen molar-refractivity contribution in [2.75, 3.05) is 36.5 Å². The van der Waals surface area contributed by atoms with Gasteiger partial charge in [0.05, 0.1) is 18.9 Å². The van der Waals surface area contributed by atoms with Crippen LogP contribution in [0.1, 0.15) is 22.1 Å². The minimum atomic E-state index is -0.379. The molecule has 1 aromatic heterocycles. The number of carbonyl (C=O) groups excluding carboxylic acids is 1. The Kier molecular flexibility index (Phi) is 5.89. The van der Waals surface area contributed by atoms with Crippen LogP contribution < -0.4 is 15.0 Å². The number of morpholine rings is 1. The van der Waals surface area contributed by atoms with Crippen molar-refractivity contribution in [3.8, 4) is 5.75 Å². The third-order valence-electron chi connectivity index (χ3n) is 4.61. The van der Waals surface area contributed by atoms with E-state index < -0.39 is 0 Å². The molecule has 0 atom stereocenters. The van der Waals surface area contributed by atoms with Crippen LogP contribution in [0.25, 0.3) is 0 Å². The van der Waals surface area contributed by atoms with Gasteiger partial charge in [-0.1, -0.05) is 5.16 Å². The van der Waals surface area contributed by atoms with E-state index in [0.717, 1.165) is 0 Å². The smallest absolute Gasteiger partial charge is 0.255 e. The number of carbonyl (C=O) groups is 1. The van der Waals surface area contributed by atoms with E-state index >= 15 is 0 Å². The highest BCUT2D eigenvalue weighted by Crippen LogP contribution is 2.24. The number of rotatable bonds is 6. The van der Waals surface area contributed by atoms with Gasteiger partial charge >= 0.3 is 0 Å². The standard InChI is InChI=1S/C21H21FN4O4/c1-14-23-20(25-30-14)13-29-17-5-2-15(3-6-17)21(27)24-16-4-7-19(18(22)12-16)26-8-10-28-11-9-26/h2-7,12H,8-11,13H2,1H3,(H,24,27). The van der Waals surface area contributed by atoms with Crippen LogP contribution in [0.15, 0.2) is 47.0 Å². The number of benzene rings is 2. The topological polar surface area (TPSA) is 89.7 Å². The van der Waals surface area contributed by atoms with Gasteiger partial charge in [-0.3, -0.25) is 4.79 Å². The maximum absolute atomic E-state index is 14.5. The Balaban J connectivity index is 1.35. The zero-order chi connectivity index (χ0) is 20.9. The first kappa shape index (κ1) is 19.8. The van der Waals surface area contributed by atoms with Crippen molar-refractivity contribution in [3.63, 3.8) is 0 Å². The van der Waals surface area contributed by atoms with Gasteiger partial charge in [0.25, 0.3) is 5.91 Å². The molecule has 156 valence electrons. The van der Waals surface area contributed by atoms with Gasteiger partial charge in [-0.25, -0.2) is 4.39 Å². The fraction of sp³-hybridized carbons (Fsp3) is 0.286. The van der Waals surface area contributed by atoms with Crippen molar-refractivity contribution in [2.24, 2.45) is 0 Å². The second-order valence-corrected chi connectivity index (χ2v) is 6.76. The molecule has 0 bridgehead atoms. The van der Waals surface area contributed by atoms with Crippen LogP contribution in [0, 0.1) is 12.7 Å². The maximum Gasteiger partial charge on any atom is 0.255 e. The number of hydrogen-bond donors (Lipinski definition) is 1. The molecule has 0 spiro atoms. The number of nitrogens with zero attached hydrogens (tertiary/aromatic N) is 3. The number of aryl methyl sites for hydroxylation is 1. The minimum Gasteiger partial charge on any atom is -0.485 e. The van der Waals surface area contributed by atoms with E-state index in [9.17, 15) is 9.18 Å². The molecular formula is C21H21FN4O4. The molecule has 1 aliphatic rings. The summed E-state index contributed by atoms with van der Waals surface area (Å²) in [6.07, 6.45) is 0. The molecule has 1 N–H and O–H groups in total. The molecule has 1 amide bonds. The van der Waals surface area contributed by atoms with E-state index in [1.807, 2.05) is 4.90 Å². The third-order valence-corrected chi connectivity index (χ3v) is 4.61. The Labute approximate surface area is 172 Å². The lowest BCUT2D eigenvalue weighted by atomic mass is 10.2. The lowest BCUT2D eigenvalue weighted by Crippen LogP contribution is -2.36. The molecule has 0 aliphatic carbocycles. The van der Waals surface area contributed by atoms with E-state index in [-0.39, 0.29) is 18.3 Å². The minimum absolute atomic E-state index is 0.164. The third kappa shape index (κ3) is 4.74. The summed E-state index contributed by atoms with van der Waals surface area (Å²) >= 11 is 0. The van der Waals surface area contributed by atoms with Crippen LogP contribution in [0.4, 0.5) is 15.8 Å². The Bertz CT molecular complexity index is 1020. The van der Waals surface area contributed by atoms with Gasteiger partial charge in [-0.15, -0.1) is 0 Å². The second kappa shape index (κ2) is 8.91. The zero-order valence-corrected chi connectivity index (χ0v) is 16.4. The molecule has 9 heteroatoms. The highest BCUT2D eigenvalue weighted by Gasteiger charge is 2.16. The number of nitrogens with one attached hydrogen (secondary N) is 1. The monoisotopic (exact) mass is 412 g/mol. The van der Waals surface area contributed by atoms with Crippen molar-refractivity contribution in [1.82, 2.24) is 10.1 Å². The maximum atomic E-state index is 14.5. The summed E-state index contributed by atoms with van der Waals surface area (Å²) in [6, 6.07) is 11.3. The Morgan fingerprint density at radius 3 is 2.63 bits per heavy atom. The summed E-state index contributed by atoms with van der Waals surface area (Å²) in [4.78, 5) is 18.5. The number of anilines is 2. The van der Waals surface area contributed by atoms with E-state index in [0.29, 0.717) is 60.7 Å². The first-order valence-electron chi connectivity index (χ1n) is 9.54. The first-order chi connectivity index (χ1) is 14.6. The van der Waals surface area contributed by atoms with Crippen LogP contribution in [0.2, 0.25) is 0 Å². The van der Waals surface area contributed by atoms with Crippen molar-refractivity contribution in [1.29, 1.82) is 0 Å². The van der Waals surface area contributed by atoms with E-state index in [1.54, 1.807) is 43.3 Å².